The Hall–Kier alpha value is -0.550. The monoisotopic (exact) mass is 136 g/mol. The molecule has 0 aromatic carbocycles. The standard InChI is InChI=1S/C8H12N2/c1-10-8-3-2-7(4-8,5-8)6-9/h10H,2-5H2,1H3. The van der Waals surface area contributed by atoms with E-state index < -0.39 is 0 Å². The average molecular weight is 136 g/mol. The van der Waals surface area contributed by atoms with Crippen molar-refractivity contribution in [3.63, 3.8) is 0 Å². The molecule has 0 saturated heterocycles. The third kappa shape index (κ3) is 0.518. The van der Waals surface area contributed by atoms with E-state index in [2.05, 4.69) is 11.4 Å². The Bertz CT molecular complexity index is 196. The summed E-state index contributed by atoms with van der Waals surface area (Å²) in [5.74, 6) is 0. The molecule has 10 heavy (non-hydrogen) atoms. The lowest BCUT2D eigenvalue weighted by Gasteiger charge is -2.43. The molecule has 0 unspecified atom stereocenters. The fourth-order valence-corrected chi connectivity index (χ4v) is 2.51. The summed E-state index contributed by atoms with van der Waals surface area (Å²) in [4.78, 5) is 0. The molecule has 1 N–H and O–H groups in total. The molecule has 0 amide bonds. The van der Waals surface area contributed by atoms with E-state index in [1.165, 1.54) is 6.42 Å². The average Bonchev–Trinajstić information content (AvgIpc) is 2.40. The molecule has 2 bridgehead atoms. The number of fused-ring (bicyclic) bond motifs is 1. The van der Waals surface area contributed by atoms with Gasteiger partial charge in [0.15, 0.2) is 0 Å². The SMILES string of the molecule is CNC12CCC(C#N)(C1)C2. The molecule has 0 atom stereocenters. The molecule has 0 radical (unpaired) electrons. The highest BCUT2D eigenvalue weighted by atomic mass is 15.0. The zero-order valence-corrected chi connectivity index (χ0v) is 6.28. The van der Waals surface area contributed by atoms with Gasteiger partial charge in [-0.3, -0.25) is 0 Å². The summed E-state index contributed by atoms with van der Waals surface area (Å²) in [5, 5.41) is 12.1. The van der Waals surface area contributed by atoms with Crippen LogP contribution in [0.3, 0.4) is 0 Å². The van der Waals surface area contributed by atoms with Crippen molar-refractivity contribution in [2.24, 2.45) is 5.41 Å². The smallest absolute Gasteiger partial charge is 0.0691 e. The first-order chi connectivity index (χ1) is 4.74. The van der Waals surface area contributed by atoms with Crippen LogP contribution >= 0.6 is 0 Å². The van der Waals surface area contributed by atoms with E-state index >= 15 is 0 Å². The van der Waals surface area contributed by atoms with Crippen LogP contribution in [0.2, 0.25) is 0 Å². The molecule has 3 fully saturated rings. The molecule has 3 rings (SSSR count). The summed E-state index contributed by atoms with van der Waals surface area (Å²) >= 11 is 0. The van der Waals surface area contributed by atoms with Crippen molar-refractivity contribution in [1.82, 2.24) is 5.32 Å². The van der Waals surface area contributed by atoms with E-state index in [-0.39, 0.29) is 5.41 Å². The van der Waals surface area contributed by atoms with Crippen LogP contribution in [0.1, 0.15) is 25.7 Å². The molecule has 54 valence electrons. The van der Waals surface area contributed by atoms with E-state index in [1.807, 2.05) is 7.05 Å². The largest absolute Gasteiger partial charge is 0.314 e. The molecular formula is C8H12N2. The van der Waals surface area contributed by atoms with Gasteiger partial charge in [-0.2, -0.15) is 5.26 Å². The molecular weight excluding hydrogens is 124 g/mol. The summed E-state index contributed by atoms with van der Waals surface area (Å²) in [5.41, 5.74) is 0.457. The zero-order chi connectivity index (χ0) is 7.24. The molecule has 0 spiro atoms. The van der Waals surface area contributed by atoms with Crippen LogP contribution < -0.4 is 5.32 Å². The molecule has 0 aromatic heterocycles. The summed E-state index contributed by atoms with van der Waals surface area (Å²) < 4.78 is 0. The minimum absolute atomic E-state index is 0.0863. The van der Waals surface area contributed by atoms with E-state index in [1.54, 1.807) is 0 Å². The Kier molecular flexibility index (Phi) is 0.952. The maximum Gasteiger partial charge on any atom is 0.0691 e. The number of hydrogen-bond donors (Lipinski definition) is 1. The minimum Gasteiger partial charge on any atom is -0.314 e. The van der Waals surface area contributed by atoms with Gasteiger partial charge >= 0.3 is 0 Å². The first-order valence-electron chi connectivity index (χ1n) is 3.84. The lowest BCUT2D eigenvalue weighted by atomic mass is 9.66. The van der Waals surface area contributed by atoms with Crippen LogP contribution in [-0.4, -0.2) is 12.6 Å². The second-order valence-electron chi connectivity index (χ2n) is 3.78. The first-order valence-corrected chi connectivity index (χ1v) is 3.84. The molecule has 3 saturated carbocycles. The van der Waals surface area contributed by atoms with Gasteiger partial charge in [0, 0.05) is 5.54 Å². The normalized spacial score (nSPS) is 50.0. The number of nitrogens with zero attached hydrogens (tertiary/aromatic N) is 1. The lowest BCUT2D eigenvalue weighted by molar-refractivity contribution is 0.145. The highest BCUT2D eigenvalue weighted by Crippen LogP contribution is 2.60. The number of nitrogens with one attached hydrogen (secondary N) is 1. The van der Waals surface area contributed by atoms with Crippen LogP contribution in [-0.2, 0) is 0 Å². The van der Waals surface area contributed by atoms with E-state index in [0.29, 0.717) is 5.54 Å². The van der Waals surface area contributed by atoms with E-state index in [9.17, 15) is 0 Å². The second-order valence-corrected chi connectivity index (χ2v) is 3.78. The Morgan fingerprint density at radius 1 is 1.40 bits per heavy atom. The quantitative estimate of drug-likeness (QED) is 0.584. The van der Waals surface area contributed by atoms with Crippen molar-refractivity contribution >= 4 is 0 Å². The van der Waals surface area contributed by atoms with Gasteiger partial charge in [-0.15, -0.1) is 0 Å². The highest BCUT2D eigenvalue weighted by molar-refractivity contribution is 5.23. The van der Waals surface area contributed by atoms with Crippen molar-refractivity contribution < 1.29 is 0 Å². The van der Waals surface area contributed by atoms with Crippen molar-refractivity contribution in [3.05, 3.63) is 0 Å². The van der Waals surface area contributed by atoms with Gasteiger partial charge in [-0.25, -0.2) is 0 Å². The topological polar surface area (TPSA) is 35.8 Å². The Morgan fingerprint density at radius 2 is 2.10 bits per heavy atom. The van der Waals surface area contributed by atoms with Gasteiger partial charge in [-0.1, -0.05) is 0 Å². The Morgan fingerprint density at radius 3 is 2.40 bits per heavy atom. The molecule has 0 heterocycles. The maximum absolute atomic E-state index is 8.80. The summed E-state index contributed by atoms with van der Waals surface area (Å²) in [6.07, 6.45) is 4.50. The van der Waals surface area contributed by atoms with Crippen LogP contribution in [0.4, 0.5) is 0 Å². The fraction of sp³-hybridized carbons (Fsp3) is 0.875. The van der Waals surface area contributed by atoms with Gasteiger partial charge in [0.25, 0.3) is 0 Å². The lowest BCUT2D eigenvalue weighted by Crippen LogP contribution is -2.51. The van der Waals surface area contributed by atoms with Gasteiger partial charge < -0.3 is 5.32 Å². The molecule has 2 heteroatoms. The van der Waals surface area contributed by atoms with Crippen LogP contribution in [0.15, 0.2) is 0 Å². The molecule has 0 aromatic rings. The van der Waals surface area contributed by atoms with Gasteiger partial charge in [0.1, 0.15) is 0 Å². The zero-order valence-electron chi connectivity index (χ0n) is 6.28. The van der Waals surface area contributed by atoms with Crippen LogP contribution in [0.5, 0.6) is 0 Å². The van der Waals surface area contributed by atoms with Crippen molar-refractivity contribution in [2.45, 2.75) is 31.2 Å². The molecule has 0 aliphatic heterocycles. The minimum atomic E-state index is 0.0863. The van der Waals surface area contributed by atoms with E-state index in [4.69, 9.17) is 5.26 Å². The Balaban J connectivity index is 2.15. The third-order valence-electron chi connectivity index (χ3n) is 3.20. The number of hydrogen-bond acceptors (Lipinski definition) is 2. The van der Waals surface area contributed by atoms with Gasteiger partial charge in [0.05, 0.1) is 11.5 Å². The Labute approximate surface area is 61.2 Å². The number of rotatable bonds is 1. The summed E-state index contributed by atoms with van der Waals surface area (Å²) in [6.45, 7) is 0. The summed E-state index contributed by atoms with van der Waals surface area (Å²) in [7, 11) is 2.01. The van der Waals surface area contributed by atoms with Crippen LogP contribution in [0, 0.1) is 16.7 Å². The summed E-state index contributed by atoms with van der Waals surface area (Å²) in [6, 6.07) is 2.43. The molecule has 3 aliphatic carbocycles. The highest BCUT2D eigenvalue weighted by Gasteiger charge is 2.60. The molecule has 3 aliphatic rings. The van der Waals surface area contributed by atoms with E-state index in [0.717, 1.165) is 19.3 Å². The van der Waals surface area contributed by atoms with Gasteiger partial charge in [-0.05, 0) is 32.7 Å². The fourth-order valence-electron chi connectivity index (χ4n) is 2.51. The molecule has 2 nitrogen and oxygen atoms in total. The first kappa shape index (κ1) is 6.18. The number of nitriles is 1. The van der Waals surface area contributed by atoms with Crippen molar-refractivity contribution in [2.75, 3.05) is 7.05 Å². The van der Waals surface area contributed by atoms with Crippen molar-refractivity contribution in [1.29, 1.82) is 5.26 Å². The predicted molar refractivity (Wildman–Crippen MR) is 38.3 cm³/mol. The van der Waals surface area contributed by atoms with Crippen LogP contribution in [0.25, 0.3) is 0 Å². The maximum atomic E-state index is 8.80. The van der Waals surface area contributed by atoms with Gasteiger partial charge in [0.2, 0.25) is 0 Å². The second kappa shape index (κ2) is 1.54. The predicted octanol–water partition coefficient (Wildman–Crippen LogP) is 1.04. The van der Waals surface area contributed by atoms with Crippen molar-refractivity contribution in [3.8, 4) is 6.07 Å². The third-order valence-corrected chi connectivity index (χ3v) is 3.20.